The summed E-state index contributed by atoms with van der Waals surface area (Å²) < 4.78 is 0. The lowest BCUT2D eigenvalue weighted by Crippen LogP contribution is -2.55. The number of fused-ring (bicyclic) bond motifs is 4. The van der Waals surface area contributed by atoms with Gasteiger partial charge < -0.3 is 5.11 Å². The van der Waals surface area contributed by atoms with E-state index in [0.29, 0.717) is 0 Å². The first-order valence-electron chi connectivity index (χ1n) is 8.53. The number of para-hydroxylation sites is 1. The molecule has 3 nitrogen and oxygen atoms in total. The number of benzene rings is 1. The molecular formula is C19H24N2O. The zero-order valence-electron chi connectivity index (χ0n) is 13.2. The lowest BCUT2D eigenvalue weighted by atomic mass is 9.72. The molecule has 0 spiro atoms. The van der Waals surface area contributed by atoms with Crippen LogP contribution in [0.5, 0.6) is 0 Å². The number of nitrogens with zero attached hydrogens (tertiary/aromatic N) is 2. The van der Waals surface area contributed by atoms with Crippen molar-refractivity contribution in [1.29, 1.82) is 0 Å². The van der Waals surface area contributed by atoms with E-state index in [1.165, 1.54) is 12.8 Å². The summed E-state index contributed by atoms with van der Waals surface area (Å²) in [7, 11) is 0. The van der Waals surface area contributed by atoms with Crippen LogP contribution in [0.15, 0.2) is 36.5 Å². The van der Waals surface area contributed by atoms with Crippen LogP contribution in [0, 0.1) is 11.8 Å². The van der Waals surface area contributed by atoms with Gasteiger partial charge in [0, 0.05) is 24.2 Å². The van der Waals surface area contributed by atoms with Gasteiger partial charge in [-0.3, -0.25) is 9.88 Å². The fourth-order valence-electron chi connectivity index (χ4n) is 4.55. The lowest BCUT2D eigenvalue weighted by Gasteiger charge is -2.51. The largest absolute Gasteiger partial charge is 0.387 e. The number of hydrogen-bond donors (Lipinski definition) is 1. The normalized spacial score (nSPS) is 32.3. The molecule has 0 aliphatic carbocycles. The molecule has 5 rings (SSSR count). The summed E-state index contributed by atoms with van der Waals surface area (Å²) in [5.74, 6) is 1.62. The second-order valence-electron chi connectivity index (χ2n) is 6.88. The van der Waals surface area contributed by atoms with Crippen molar-refractivity contribution in [2.45, 2.75) is 38.3 Å². The average Bonchev–Trinajstić information content (AvgIpc) is 2.60. The molecule has 0 radical (unpaired) electrons. The Morgan fingerprint density at radius 3 is 2.95 bits per heavy atom. The van der Waals surface area contributed by atoms with Crippen molar-refractivity contribution in [1.82, 2.24) is 9.88 Å². The van der Waals surface area contributed by atoms with Gasteiger partial charge in [-0.1, -0.05) is 31.5 Å². The molecule has 22 heavy (non-hydrogen) atoms. The molecule has 2 aromatic rings. The minimum absolute atomic E-state index is 0.271. The van der Waals surface area contributed by atoms with Crippen LogP contribution >= 0.6 is 0 Å². The van der Waals surface area contributed by atoms with Crippen LogP contribution in [0.2, 0.25) is 0 Å². The van der Waals surface area contributed by atoms with E-state index in [2.05, 4.69) is 22.9 Å². The van der Waals surface area contributed by atoms with Gasteiger partial charge in [-0.15, -0.1) is 0 Å². The van der Waals surface area contributed by atoms with Gasteiger partial charge in [-0.2, -0.15) is 0 Å². The van der Waals surface area contributed by atoms with E-state index in [-0.39, 0.29) is 6.04 Å². The number of aliphatic hydroxyl groups is 1. The Kier molecular flexibility index (Phi) is 3.63. The van der Waals surface area contributed by atoms with Gasteiger partial charge in [0.2, 0.25) is 0 Å². The highest BCUT2D eigenvalue weighted by Gasteiger charge is 2.42. The molecule has 0 saturated carbocycles. The molecule has 2 bridgehead atoms. The summed E-state index contributed by atoms with van der Waals surface area (Å²) in [4.78, 5) is 6.94. The molecular weight excluding hydrogens is 272 g/mol. The third-order valence-corrected chi connectivity index (χ3v) is 5.83. The molecule has 1 aromatic carbocycles. The van der Waals surface area contributed by atoms with Gasteiger partial charge in [-0.25, -0.2) is 0 Å². The fourth-order valence-corrected chi connectivity index (χ4v) is 4.55. The summed E-state index contributed by atoms with van der Waals surface area (Å²) in [5.41, 5.74) is 2.01. The molecule has 3 aliphatic heterocycles. The lowest BCUT2D eigenvalue weighted by molar-refractivity contribution is -0.0562. The number of rotatable bonds is 3. The number of piperidine rings is 3. The topological polar surface area (TPSA) is 36.4 Å². The maximum Gasteiger partial charge on any atom is 0.0952 e. The molecule has 3 fully saturated rings. The Labute approximate surface area is 132 Å². The molecule has 3 saturated heterocycles. The Balaban J connectivity index is 1.66. The van der Waals surface area contributed by atoms with Crippen LogP contribution in [-0.4, -0.2) is 34.1 Å². The molecule has 1 aromatic heterocycles. The van der Waals surface area contributed by atoms with E-state index in [0.717, 1.165) is 47.8 Å². The van der Waals surface area contributed by atoms with E-state index >= 15 is 0 Å². The second kappa shape index (κ2) is 5.64. The summed E-state index contributed by atoms with van der Waals surface area (Å²) >= 11 is 0. The number of pyridine rings is 1. The molecule has 0 amide bonds. The summed E-state index contributed by atoms with van der Waals surface area (Å²) in [6, 6.07) is 10.4. The zero-order chi connectivity index (χ0) is 15.1. The first-order chi connectivity index (χ1) is 10.8. The first-order valence-corrected chi connectivity index (χ1v) is 8.53. The highest BCUT2D eigenvalue weighted by Crippen LogP contribution is 2.42. The first kappa shape index (κ1) is 14.2. The third kappa shape index (κ3) is 2.24. The van der Waals surface area contributed by atoms with Gasteiger partial charge in [0.15, 0.2) is 0 Å². The van der Waals surface area contributed by atoms with Crippen LogP contribution in [0.1, 0.15) is 37.9 Å². The fraction of sp³-hybridized carbons (Fsp3) is 0.526. The summed E-state index contributed by atoms with van der Waals surface area (Å²) in [6.45, 7) is 4.60. The Hall–Kier alpha value is -1.45. The van der Waals surface area contributed by atoms with E-state index in [4.69, 9.17) is 0 Å². The molecule has 3 heteroatoms. The number of aliphatic hydroxyl groups excluding tert-OH is 1. The number of hydrogen-bond acceptors (Lipinski definition) is 3. The average molecular weight is 296 g/mol. The van der Waals surface area contributed by atoms with E-state index in [1.54, 1.807) is 0 Å². The maximum atomic E-state index is 11.1. The Bertz CT molecular complexity index is 666. The molecule has 3 unspecified atom stereocenters. The van der Waals surface area contributed by atoms with Gasteiger partial charge >= 0.3 is 0 Å². The van der Waals surface area contributed by atoms with Crippen molar-refractivity contribution < 1.29 is 5.11 Å². The smallest absolute Gasteiger partial charge is 0.0952 e. The highest BCUT2D eigenvalue weighted by molar-refractivity contribution is 5.82. The number of aromatic nitrogens is 1. The minimum Gasteiger partial charge on any atom is -0.387 e. The zero-order valence-corrected chi connectivity index (χ0v) is 13.2. The molecule has 3 aliphatic rings. The van der Waals surface area contributed by atoms with E-state index in [9.17, 15) is 5.11 Å². The molecule has 5 atom stereocenters. The van der Waals surface area contributed by atoms with Crippen molar-refractivity contribution in [3.8, 4) is 0 Å². The maximum absolute atomic E-state index is 11.1. The van der Waals surface area contributed by atoms with Gasteiger partial charge in [0.05, 0.1) is 11.6 Å². The second-order valence-corrected chi connectivity index (χ2v) is 6.88. The minimum atomic E-state index is -0.409. The van der Waals surface area contributed by atoms with E-state index < -0.39 is 6.10 Å². The van der Waals surface area contributed by atoms with Gasteiger partial charge in [0.1, 0.15) is 0 Å². The van der Waals surface area contributed by atoms with Gasteiger partial charge in [0.25, 0.3) is 0 Å². The van der Waals surface area contributed by atoms with Crippen molar-refractivity contribution in [3.63, 3.8) is 0 Å². The van der Waals surface area contributed by atoms with Crippen molar-refractivity contribution in [2.75, 3.05) is 13.1 Å². The predicted octanol–water partition coefficient (Wildman–Crippen LogP) is 3.39. The summed E-state index contributed by atoms with van der Waals surface area (Å²) in [6.07, 6.45) is 5.12. The van der Waals surface area contributed by atoms with Crippen molar-refractivity contribution in [2.24, 2.45) is 11.8 Å². The highest BCUT2D eigenvalue weighted by atomic mass is 16.3. The Morgan fingerprint density at radius 2 is 2.18 bits per heavy atom. The van der Waals surface area contributed by atoms with E-state index in [1.807, 2.05) is 30.5 Å². The van der Waals surface area contributed by atoms with Crippen LogP contribution in [0.3, 0.4) is 0 Å². The van der Waals surface area contributed by atoms with Crippen LogP contribution in [0.4, 0.5) is 0 Å². The third-order valence-electron chi connectivity index (χ3n) is 5.83. The molecule has 116 valence electrons. The predicted molar refractivity (Wildman–Crippen MR) is 88.6 cm³/mol. The quantitative estimate of drug-likeness (QED) is 0.943. The monoisotopic (exact) mass is 296 g/mol. The standard InChI is InChI=1S/C19H24N2O/c1-2-13-12-21-10-8-14(13)11-18(21)19(22)16-7-9-20-17-6-4-3-5-15(16)17/h3-7,9,13-14,18-19,22H,2,8,10-12H2,1H3/t13?,14-,18?,19+/m0/s1. The van der Waals surface area contributed by atoms with Crippen LogP contribution in [-0.2, 0) is 0 Å². The van der Waals surface area contributed by atoms with Crippen molar-refractivity contribution in [3.05, 3.63) is 42.1 Å². The molecule has 4 heterocycles. The summed E-state index contributed by atoms with van der Waals surface area (Å²) in [5, 5.41) is 12.1. The molecule has 1 N–H and O–H groups in total. The SMILES string of the molecule is CCC1CN2CC[C@H]1CC2[C@H](O)c1ccnc2ccccc12. The van der Waals surface area contributed by atoms with Crippen molar-refractivity contribution >= 4 is 10.9 Å². The Morgan fingerprint density at radius 1 is 1.32 bits per heavy atom. The van der Waals surface area contributed by atoms with Crippen LogP contribution < -0.4 is 0 Å². The van der Waals surface area contributed by atoms with Gasteiger partial charge in [-0.05, 0) is 48.9 Å². The van der Waals surface area contributed by atoms with Crippen LogP contribution in [0.25, 0.3) is 10.9 Å².